The zero-order chi connectivity index (χ0) is 21.6. The number of rotatable bonds is 5. The topological polar surface area (TPSA) is 86.3 Å². The van der Waals surface area contributed by atoms with Gasteiger partial charge in [0.15, 0.2) is 0 Å². The average Bonchev–Trinajstić information content (AvgIpc) is 3.17. The minimum absolute atomic E-state index is 0.0585. The number of hydrogen-bond acceptors (Lipinski definition) is 6. The molecular weight excluding hydrogens is 390 g/mol. The molecule has 3 fully saturated rings. The molecule has 0 spiro atoms. The van der Waals surface area contributed by atoms with Gasteiger partial charge in [-0.3, -0.25) is 0 Å². The average molecular weight is 428 g/mol. The minimum Gasteiger partial charge on any atom is -0.740 e. The van der Waals surface area contributed by atoms with Gasteiger partial charge < -0.3 is 20.5 Å². The molecule has 0 aromatic carbocycles. The fourth-order valence-corrected chi connectivity index (χ4v) is 6.32. The third-order valence-corrected chi connectivity index (χ3v) is 8.26. The molecule has 0 radical (unpaired) electrons. The number of piperidine rings is 1. The zero-order valence-corrected chi connectivity index (χ0v) is 19.1. The first-order chi connectivity index (χ1) is 15.0. The summed E-state index contributed by atoms with van der Waals surface area (Å²) in [5.74, 6) is 2.20. The van der Waals surface area contributed by atoms with Crippen LogP contribution in [-0.4, -0.2) is 63.9 Å². The molecule has 170 valence electrons. The van der Waals surface area contributed by atoms with E-state index < -0.39 is 0 Å². The summed E-state index contributed by atoms with van der Waals surface area (Å²) in [6.07, 6.45) is 11.7. The molecule has 7 nitrogen and oxygen atoms in total. The van der Waals surface area contributed by atoms with Crippen LogP contribution in [0.15, 0.2) is 21.4 Å². The number of aliphatic hydroxyl groups excluding tert-OH is 1. The number of nitrogens with one attached hydrogen (secondary N) is 1. The highest BCUT2D eigenvalue weighted by atomic mass is 16.5. The largest absolute Gasteiger partial charge is 0.740 e. The van der Waals surface area contributed by atoms with E-state index in [0.717, 1.165) is 54.9 Å². The molecule has 2 saturated carbocycles. The number of hydroxylamine groups is 1. The molecule has 3 unspecified atom stereocenters. The fraction of sp³-hybridized carbons (Fsp3) is 0.792. The summed E-state index contributed by atoms with van der Waals surface area (Å²) in [4.78, 5) is 12.0. The summed E-state index contributed by atoms with van der Waals surface area (Å²) in [5.41, 5.74) is 2.35. The summed E-state index contributed by atoms with van der Waals surface area (Å²) in [7, 11) is 0. The number of likely N-dealkylation sites (tertiary alicyclic amines) is 1. The smallest absolute Gasteiger partial charge is 0.273 e. The Morgan fingerprint density at radius 1 is 1.19 bits per heavy atom. The molecule has 5 rings (SSSR count). The SMILES string of the molecule is CC1=[N+]([O-])C(C2=C(N3CCC(NC4CCCCC4)C(CO)C3)N=C3CCCC3(C)C2)=N1. The predicted molar refractivity (Wildman–Crippen MR) is 123 cm³/mol. The first kappa shape index (κ1) is 21.1. The third kappa shape index (κ3) is 3.84. The van der Waals surface area contributed by atoms with E-state index in [4.69, 9.17) is 4.99 Å². The lowest BCUT2D eigenvalue weighted by Crippen LogP contribution is -2.53. The molecular formula is C24H37N5O2. The lowest BCUT2D eigenvalue weighted by molar-refractivity contribution is -0.340. The number of amidine groups is 2. The van der Waals surface area contributed by atoms with Crippen molar-refractivity contribution in [3.05, 3.63) is 16.6 Å². The van der Waals surface area contributed by atoms with Crippen LogP contribution in [0.3, 0.4) is 0 Å². The van der Waals surface area contributed by atoms with Crippen LogP contribution in [-0.2, 0) is 0 Å². The van der Waals surface area contributed by atoms with E-state index in [1.807, 2.05) is 0 Å². The molecule has 2 N–H and O–H groups in total. The van der Waals surface area contributed by atoms with Crippen LogP contribution in [0, 0.1) is 16.5 Å². The van der Waals surface area contributed by atoms with Crippen LogP contribution >= 0.6 is 0 Å². The summed E-state index contributed by atoms with van der Waals surface area (Å²) < 4.78 is 0.967. The van der Waals surface area contributed by atoms with Crippen LogP contribution in [0.1, 0.15) is 78.1 Å². The first-order valence-corrected chi connectivity index (χ1v) is 12.3. The maximum absolute atomic E-state index is 12.5. The van der Waals surface area contributed by atoms with Gasteiger partial charge in [0.25, 0.3) is 5.84 Å². The van der Waals surface area contributed by atoms with E-state index in [1.54, 1.807) is 6.92 Å². The van der Waals surface area contributed by atoms with Gasteiger partial charge in [-0.15, -0.1) is 0 Å². The van der Waals surface area contributed by atoms with Crippen molar-refractivity contribution >= 4 is 17.4 Å². The zero-order valence-electron chi connectivity index (χ0n) is 19.1. The summed E-state index contributed by atoms with van der Waals surface area (Å²) in [6.45, 7) is 5.91. The van der Waals surface area contributed by atoms with Crippen molar-refractivity contribution in [2.45, 2.75) is 90.1 Å². The van der Waals surface area contributed by atoms with E-state index >= 15 is 0 Å². The lowest BCUT2D eigenvalue weighted by Gasteiger charge is -2.43. The van der Waals surface area contributed by atoms with Crippen molar-refractivity contribution < 1.29 is 9.85 Å². The van der Waals surface area contributed by atoms with E-state index in [-0.39, 0.29) is 17.9 Å². The summed E-state index contributed by atoms with van der Waals surface area (Å²) in [6, 6.07) is 0.953. The Kier molecular flexibility index (Phi) is 5.67. The Labute approximate surface area is 185 Å². The van der Waals surface area contributed by atoms with Crippen molar-refractivity contribution in [1.82, 2.24) is 10.2 Å². The Hall–Kier alpha value is -1.73. The molecule has 31 heavy (non-hydrogen) atoms. The summed E-state index contributed by atoms with van der Waals surface area (Å²) >= 11 is 0. The lowest BCUT2D eigenvalue weighted by atomic mass is 9.78. The molecule has 7 heteroatoms. The van der Waals surface area contributed by atoms with E-state index in [2.05, 4.69) is 22.1 Å². The summed E-state index contributed by atoms with van der Waals surface area (Å²) in [5, 5.41) is 26.6. The quantitative estimate of drug-likeness (QED) is 0.521. The number of hydrogen-bond donors (Lipinski definition) is 2. The molecule has 3 aliphatic heterocycles. The highest BCUT2D eigenvalue weighted by molar-refractivity contribution is 6.10. The van der Waals surface area contributed by atoms with Gasteiger partial charge in [0.2, 0.25) is 5.84 Å². The fourth-order valence-electron chi connectivity index (χ4n) is 6.32. The van der Waals surface area contributed by atoms with Crippen LogP contribution in [0.4, 0.5) is 0 Å². The second-order valence-electron chi connectivity index (χ2n) is 10.5. The molecule has 0 amide bonds. The second kappa shape index (κ2) is 8.32. The van der Waals surface area contributed by atoms with E-state index in [0.29, 0.717) is 23.8 Å². The van der Waals surface area contributed by atoms with Crippen molar-refractivity contribution in [3.63, 3.8) is 0 Å². The van der Waals surface area contributed by atoms with E-state index in [1.165, 1.54) is 44.2 Å². The Balaban J connectivity index is 1.38. The van der Waals surface area contributed by atoms with Crippen molar-refractivity contribution in [3.8, 4) is 0 Å². The molecule has 3 heterocycles. The number of nitrogens with zero attached hydrogens (tertiary/aromatic N) is 4. The molecule has 0 bridgehead atoms. The Morgan fingerprint density at radius 2 is 2.00 bits per heavy atom. The maximum atomic E-state index is 12.5. The molecule has 0 aromatic rings. The second-order valence-corrected chi connectivity index (χ2v) is 10.5. The van der Waals surface area contributed by atoms with Gasteiger partial charge in [-0.25, -0.2) is 9.73 Å². The third-order valence-electron chi connectivity index (χ3n) is 8.26. The predicted octanol–water partition coefficient (Wildman–Crippen LogP) is 3.18. The molecule has 3 atom stereocenters. The minimum atomic E-state index is 0.0585. The van der Waals surface area contributed by atoms with Crippen LogP contribution < -0.4 is 5.32 Å². The highest BCUT2D eigenvalue weighted by Crippen LogP contribution is 2.46. The monoisotopic (exact) mass is 427 g/mol. The van der Waals surface area contributed by atoms with Crippen LogP contribution in [0.5, 0.6) is 0 Å². The van der Waals surface area contributed by atoms with E-state index in [9.17, 15) is 10.3 Å². The van der Waals surface area contributed by atoms with Crippen molar-refractivity contribution in [2.75, 3.05) is 19.7 Å². The Morgan fingerprint density at radius 3 is 2.71 bits per heavy atom. The first-order valence-electron chi connectivity index (χ1n) is 12.3. The molecule has 5 aliphatic rings. The molecule has 1 saturated heterocycles. The number of aliphatic imine (C=N–C) groups is 2. The number of aliphatic hydroxyl groups is 1. The van der Waals surface area contributed by atoms with Gasteiger partial charge in [-0.1, -0.05) is 31.2 Å². The van der Waals surface area contributed by atoms with Crippen LogP contribution in [0.25, 0.3) is 0 Å². The van der Waals surface area contributed by atoms with Gasteiger partial charge in [0, 0.05) is 55.7 Å². The van der Waals surface area contributed by atoms with Crippen molar-refractivity contribution in [1.29, 1.82) is 0 Å². The van der Waals surface area contributed by atoms with Gasteiger partial charge in [-0.05, 0) is 44.9 Å². The standard InChI is InChI=1S/C24H37N5O2/c1-16-25-23(29(16)31)19-13-24(2)11-6-9-21(24)27-22(19)28-12-10-20(17(14-28)15-30)26-18-7-4-3-5-8-18/h17-18,20,26,30H,3-15H2,1-2H3. The van der Waals surface area contributed by atoms with Gasteiger partial charge in [0.05, 0.1) is 5.57 Å². The van der Waals surface area contributed by atoms with Gasteiger partial charge in [-0.2, -0.15) is 0 Å². The Bertz CT molecular complexity index is 854. The normalized spacial score (nSPS) is 34.5. The van der Waals surface area contributed by atoms with Crippen LogP contribution in [0.2, 0.25) is 0 Å². The van der Waals surface area contributed by atoms with Crippen molar-refractivity contribution in [2.24, 2.45) is 21.3 Å². The maximum Gasteiger partial charge on any atom is 0.273 e. The molecule has 2 aliphatic carbocycles. The highest BCUT2D eigenvalue weighted by Gasteiger charge is 2.45. The van der Waals surface area contributed by atoms with Gasteiger partial charge in [0.1, 0.15) is 5.82 Å². The number of fused-ring (bicyclic) bond motifs is 1. The van der Waals surface area contributed by atoms with Gasteiger partial charge >= 0.3 is 0 Å². The molecule has 0 aromatic heterocycles.